The fourth-order valence-corrected chi connectivity index (χ4v) is 2.18. The lowest BCUT2D eigenvalue weighted by molar-refractivity contribution is 0.118. The quantitative estimate of drug-likeness (QED) is 0.608. The van der Waals surface area contributed by atoms with E-state index in [1.165, 1.54) is 0 Å². The van der Waals surface area contributed by atoms with Gasteiger partial charge in [-0.3, -0.25) is 0 Å². The summed E-state index contributed by atoms with van der Waals surface area (Å²) >= 11 is 0. The minimum absolute atomic E-state index is 0.140. The third-order valence-corrected chi connectivity index (χ3v) is 3.11. The number of allylic oxidation sites excluding steroid dienone is 1. The van der Waals surface area contributed by atoms with Crippen LogP contribution in [0.5, 0.6) is 5.75 Å². The Morgan fingerprint density at radius 2 is 2.31 bits per heavy atom. The molecule has 0 aliphatic carbocycles. The number of aliphatic hydroxyl groups excluding tert-OH is 1. The Hall–Kier alpha value is -1.28. The van der Waals surface area contributed by atoms with Crippen molar-refractivity contribution in [2.24, 2.45) is 0 Å². The van der Waals surface area contributed by atoms with Crippen molar-refractivity contribution in [3.8, 4) is 5.75 Å². The third kappa shape index (κ3) is 2.27. The molecular formula is C14H18O2. The first-order valence-corrected chi connectivity index (χ1v) is 5.83. The average molecular weight is 218 g/mol. The maximum atomic E-state index is 10.1. The van der Waals surface area contributed by atoms with E-state index in [1.807, 2.05) is 30.3 Å². The van der Waals surface area contributed by atoms with Gasteiger partial charge in [-0.05, 0) is 25.3 Å². The molecule has 1 heterocycles. The summed E-state index contributed by atoms with van der Waals surface area (Å²) in [6.45, 7) is 4.29. The minimum atomic E-state index is -0.302. The molecule has 1 aromatic carbocycles. The molecule has 0 amide bonds. The van der Waals surface area contributed by atoms with E-state index >= 15 is 0 Å². The predicted molar refractivity (Wildman–Crippen MR) is 64.7 cm³/mol. The Bertz CT molecular complexity index is 360. The molecule has 0 spiro atoms. The van der Waals surface area contributed by atoms with Gasteiger partial charge in [-0.1, -0.05) is 24.3 Å². The van der Waals surface area contributed by atoms with E-state index in [1.54, 1.807) is 0 Å². The average Bonchev–Trinajstić information content (AvgIpc) is 2.73. The largest absolute Gasteiger partial charge is 0.493 e. The highest BCUT2D eigenvalue weighted by atomic mass is 16.5. The molecule has 0 fully saturated rings. The molecule has 1 N–H and O–H groups in total. The number of ether oxygens (including phenoxy) is 1. The molecule has 2 rings (SSSR count). The second-order valence-electron chi connectivity index (χ2n) is 4.24. The summed E-state index contributed by atoms with van der Waals surface area (Å²) in [7, 11) is 0. The Morgan fingerprint density at radius 3 is 3.12 bits per heavy atom. The van der Waals surface area contributed by atoms with Crippen LogP contribution >= 0.6 is 0 Å². The number of fused-ring (bicyclic) bond motifs is 1. The van der Waals surface area contributed by atoms with Crippen molar-refractivity contribution in [2.75, 3.05) is 6.61 Å². The van der Waals surface area contributed by atoms with Crippen molar-refractivity contribution >= 4 is 0 Å². The van der Waals surface area contributed by atoms with Gasteiger partial charge in [0.1, 0.15) is 5.75 Å². The number of unbranched alkanes of at least 4 members (excludes halogenated alkanes) is 1. The van der Waals surface area contributed by atoms with Crippen molar-refractivity contribution < 1.29 is 9.84 Å². The van der Waals surface area contributed by atoms with E-state index < -0.39 is 0 Å². The normalized spacial score (nSPS) is 19.9. The Kier molecular flexibility index (Phi) is 3.62. The molecular weight excluding hydrogens is 200 g/mol. The molecule has 0 radical (unpaired) electrons. The molecule has 86 valence electrons. The zero-order valence-electron chi connectivity index (χ0n) is 9.43. The summed E-state index contributed by atoms with van der Waals surface area (Å²) < 4.78 is 5.56. The van der Waals surface area contributed by atoms with Crippen molar-refractivity contribution in [3.63, 3.8) is 0 Å². The fourth-order valence-electron chi connectivity index (χ4n) is 2.18. The van der Waals surface area contributed by atoms with Crippen molar-refractivity contribution in [2.45, 2.75) is 31.3 Å². The summed E-state index contributed by atoms with van der Waals surface area (Å²) in [5.74, 6) is 1.07. The summed E-state index contributed by atoms with van der Waals surface area (Å²) in [5.41, 5.74) is 1.15. The van der Waals surface area contributed by atoms with Crippen LogP contribution in [0.25, 0.3) is 0 Å². The van der Waals surface area contributed by atoms with Gasteiger partial charge in [0.05, 0.1) is 12.7 Å². The molecule has 2 atom stereocenters. The highest BCUT2D eigenvalue weighted by Crippen LogP contribution is 2.36. The second-order valence-corrected chi connectivity index (χ2v) is 4.24. The highest BCUT2D eigenvalue weighted by molar-refractivity contribution is 5.40. The molecule has 0 saturated heterocycles. The molecule has 1 aliphatic rings. The molecule has 0 bridgehead atoms. The monoisotopic (exact) mass is 218 g/mol. The lowest BCUT2D eigenvalue weighted by atomic mass is 9.92. The number of para-hydroxylation sites is 1. The molecule has 0 aromatic heterocycles. The molecule has 2 unspecified atom stereocenters. The number of benzene rings is 1. The molecule has 2 heteroatoms. The maximum Gasteiger partial charge on any atom is 0.123 e. The predicted octanol–water partition coefficient (Wildman–Crippen LogP) is 2.88. The second kappa shape index (κ2) is 5.17. The van der Waals surface area contributed by atoms with Gasteiger partial charge < -0.3 is 9.84 Å². The Morgan fingerprint density at radius 1 is 1.50 bits per heavy atom. The van der Waals surface area contributed by atoms with Crippen molar-refractivity contribution in [1.82, 2.24) is 0 Å². The Labute approximate surface area is 96.6 Å². The van der Waals surface area contributed by atoms with Crippen LogP contribution in [-0.4, -0.2) is 17.8 Å². The van der Waals surface area contributed by atoms with E-state index in [9.17, 15) is 5.11 Å². The SMILES string of the molecule is C=CCCCC(O)C1COc2ccccc21. The fraction of sp³-hybridized carbons (Fsp3) is 0.429. The van der Waals surface area contributed by atoms with Gasteiger partial charge in [0, 0.05) is 11.5 Å². The third-order valence-electron chi connectivity index (χ3n) is 3.11. The van der Waals surface area contributed by atoms with Gasteiger partial charge in [-0.25, -0.2) is 0 Å². The standard InChI is InChI=1S/C14H18O2/c1-2-3-4-8-13(15)12-10-16-14-9-6-5-7-11(12)14/h2,5-7,9,12-13,15H,1,3-4,8,10H2. The van der Waals surface area contributed by atoms with Crippen LogP contribution in [0, 0.1) is 0 Å². The van der Waals surface area contributed by atoms with Crippen LogP contribution in [0.1, 0.15) is 30.7 Å². The highest BCUT2D eigenvalue weighted by Gasteiger charge is 2.29. The molecule has 1 aromatic rings. The number of hydrogen-bond acceptors (Lipinski definition) is 2. The van der Waals surface area contributed by atoms with Crippen LogP contribution in [0.4, 0.5) is 0 Å². The van der Waals surface area contributed by atoms with E-state index in [0.717, 1.165) is 30.6 Å². The lowest BCUT2D eigenvalue weighted by Gasteiger charge is -2.16. The molecule has 1 aliphatic heterocycles. The minimum Gasteiger partial charge on any atom is -0.493 e. The van der Waals surface area contributed by atoms with Crippen molar-refractivity contribution in [3.05, 3.63) is 42.5 Å². The van der Waals surface area contributed by atoms with Crippen LogP contribution < -0.4 is 4.74 Å². The van der Waals surface area contributed by atoms with E-state index in [0.29, 0.717) is 6.61 Å². The van der Waals surface area contributed by atoms with Gasteiger partial charge in [-0.15, -0.1) is 6.58 Å². The van der Waals surface area contributed by atoms with E-state index in [-0.39, 0.29) is 12.0 Å². The van der Waals surface area contributed by atoms with Gasteiger partial charge >= 0.3 is 0 Å². The molecule has 16 heavy (non-hydrogen) atoms. The topological polar surface area (TPSA) is 29.5 Å². The maximum absolute atomic E-state index is 10.1. The number of rotatable bonds is 5. The zero-order valence-corrected chi connectivity index (χ0v) is 9.43. The van der Waals surface area contributed by atoms with Crippen LogP contribution in [0.15, 0.2) is 36.9 Å². The number of aliphatic hydroxyl groups is 1. The smallest absolute Gasteiger partial charge is 0.123 e. The van der Waals surface area contributed by atoms with Crippen LogP contribution in [0.2, 0.25) is 0 Å². The van der Waals surface area contributed by atoms with Gasteiger partial charge in [-0.2, -0.15) is 0 Å². The van der Waals surface area contributed by atoms with Gasteiger partial charge in [0.2, 0.25) is 0 Å². The first kappa shape index (κ1) is 11.2. The van der Waals surface area contributed by atoms with Gasteiger partial charge in [0.25, 0.3) is 0 Å². The molecule has 2 nitrogen and oxygen atoms in total. The van der Waals surface area contributed by atoms with Crippen molar-refractivity contribution in [1.29, 1.82) is 0 Å². The number of hydrogen-bond donors (Lipinski definition) is 1. The van der Waals surface area contributed by atoms with Crippen LogP contribution in [0.3, 0.4) is 0 Å². The van der Waals surface area contributed by atoms with E-state index in [4.69, 9.17) is 4.74 Å². The van der Waals surface area contributed by atoms with Crippen LogP contribution in [-0.2, 0) is 0 Å². The summed E-state index contributed by atoms with van der Waals surface area (Å²) in [5, 5.41) is 10.1. The summed E-state index contributed by atoms with van der Waals surface area (Å²) in [4.78, 5) is 0. The summed E-state index contributed by atoms with van der Waals surface area (Å²) in [6, 6.07) is 7.97. The summed E-state index contributed by atoms with van der Waals surface area (Å²) in [6.07, 6.45) is 4.36. The molecule has 0 saturated carbocycles. The lowest BCUT2D eigenvalue weighted by Crippen LogP contribution is -2.19. The Balaban J connectivity index is 1.98. The zero-order chi connectivity index (χ0) is 11.4. The van der Waals surface area contributed by atoms with E-state index in [2.05, 4.69) is 6.58 Å². The first-order chi connectivity index (χ1) is 7.83. The van der Waals surface area contributed by atoms with Gasteiger partial charge in [0.15, 0.2) is 0 Å². The first-order valence-electron chi connectivity index (χ1n) is 5.83.